The molecular weight excluding hydrogens is 319 g/mol. The minimum atomic E-state index is -1.13. The van der Waals surface area contributed by atoms with E-state index in [0.717, 1.165) is 10.6 Å². The fourth-order valence-corrected chi connectivity index (χ4v) is 4.81. The van der Waals surface area contributed by atoms with Crippen molar-refractivity contribution in [2.75, 3.05) is 5.32 Å². The number of benzene rings is 2. The van der Waals surface area contributed by atoms with Gasteiger partial charge in [0.1, 0.15) is 5.82 Å². The van der Waals surface area contributed by atoms with Crippen molar-refractivity contribution in [3.05, 3.63) is 85.1 Å². The van der Waals surface area contributed by atoms with Gasteiger partial charge in [0, 0.05) is 6.20 Å². The summed E-state index contributed by atoms with van der Waals surface area (Å²) in [5.74, 6) is -1.09. The lowest BCUT2D eigenvalue weighted by Gasteiger charge is -2.26. The van der Waals surface area contributed by atoms with Crippen LogP contribution in [0.15, 0.2) is 85.1 Å². The lowest BCUT2D eigenvalue weighted by molar-refractivity contribution is -0.135. The first-order valence-corrected chi connectivity index (χ1v) is 8.96. The van der Waals surface area contributed by atoms with E-state index in [1.165, 1.54) is 0 Å². The number of nitrogens with zero attached hydrogens (tertiary/aromatic N) is 1. The van der Waals surface area contributed by atoms with E-state index in [0.29, 0.717) is 5.82 Å². The molecule has 24 heavy (non-hydrogen) atoms. The number of carbonyl (C=O) groups is 1. The molecule has 0 saturated heterocycles. The molecule has 0 fully saturated rings. The molecule has 0 spiro atoms. The number of rotatable bonds is 6. The Hall–Kier alpha value is -2.71. The molecule has 120 valence electrons. The van der Waals surface area contributed by atoms with Crippen molar-refractivity contribution in [2.24, 2.45) is 0 Å². The maximum absolute atomic E-state index is 12.0. The summed E-state index contributed by atoms with van der Waals surface area (Å²) < 4.78 is 0. The molecule has 0 amide bonds. The Bertz CT molecular complexity index is 743. The summed E-state index contributed by atoms with van der Waals surface area (Å²) in [5.41, 5.74) is 0. The second-order valence-corrected chi connectivity index (χ2v) is 7.43. The van der Waals surface area contributed by atoms with E-state index < -0.39 is 19.7 Å². The van der Waals surface area contributed by atoms with Crippen molar-refractivity contribution in [3.8, 4) is 0 Å². The predicted molar refractivity (Wildman–Crippen MR) is 98.4 cm³/mol. The molecular formula is C19H17N2O2P. The third-order valence-electron chi connectivity index (χ3n) is 3.51. The summed E-state index contributed by atoms with van der Waals surface area (Å²) in [4.78, 5) is 16.2. The van der Waals surface area contributed by atoms with E-state index in [9.17, 15) is 9.90 Å². The smallest absolute Gasteiger partial charge is 0.331 e. The molecule has 3 rings (SSSR count). The van der Waals surface area contributed by atoms with Gasteiger partial charge in [-0.15, -0.1) is 0 Å². The minimum absolute atomic E-state index is 0.560. The Balaban J connectivity index is 2.03. The molecule has 1 atom stereocenters. The van der Waals surface area contributed by atoms with E-state index in [2.05, 4.69) is 10.3 Å². The molecule has 1 aromatic heterocycles. The minimum Gasteiger partial charge on any atom is -0.479 e. The van der Waals surface area contributed by atoms with E-state index in [-0.39, 0.29) is 0 Å². The number of hydrogen-bond acceptors (Lipinski definition) is 3. The number of anilines is 1. The zero-order valence-electron chi connectivity index (χ0n) is 12.9. The highest BCUT2D eigenvalue weighted by atomic mass is 31.1. The average Bonchev–Trinajstić information content (AvgIpc) is 2.64. The SMILES string of the molecule is O=C(O)C(Nc1ccccn1)P(c1ccccc1)c1ccccc1. The molecule has 2 N–H and O–H groups in total. The van der Waals surface area contributed by atoms with Crippen molar-refractivity contribution in [3.63, 3.8) is 0 Å². The monoisotopic (exact) mass is 336 g/mol. The zero-order chi connectivity index (χ0) is 16.8. The Labute approximate surface area is 142 Å². The molecule has 1 unspecified atom stereocenters. The molecule has 0 aliphatic heterocycles. The van der Waals surface area contributed by atoms with Gasteiger partial charge in [-0.2, -0.15) is 0 Å². The van der Waals surface area contributed by atoms with Crippen molar-refractivity contribution < 1.29 is 9.90 Å². The van der Waals surface area contributed by atoms with Gasteiger partial charge in [0.05, 0.1) is 0 Å². The number of carboxylic acid groups (broad SMARTS) is 1. The van der Waals surface area contributed by atoms with Crippen LogP contribution in [0.1, 0.15) is 0 Å². The van der Waals surface area contributed by atoms with E-state index in [1.807, 2.05) is 66.7 Å². The number of carboxylic acids is 1. The molecule has 1 heterocycles. The largest absolute Gasteiger partial charge is 0.479 e. The first kappa shape index (κ1) is 16.2. The van der Waals surface area contributed by atoms with Gasteiger partial charge >= 0.3 is 5.97 Å². The summed E-state index contributed by atoms with van der Waals surface area (Å²) in [5, 5.41) is 15.0. The van der Waals surface area contributed by atoms with E-state index in [4.69, 9.17) is 0 Å². The quantitative estimate of drug-likeness (QED) is 0.679. The van der Waals surface area contributed by atoms with Crippen LogP contribution < -0.4 is 15.9 Å². The molecule has 3 aromatic rings. The molecule has 0 aliphatic rings. The Morgan fingerprint density at radius 3 is 1.88 bits per heavy atom. The van der Waals surface area contributed by atoms with Gasteiger partial charge in [-0.1, -0.05) is 66.7 Å². The van der Waals surface area contributed by atoms with Gasteiger partial charge < -0.3 is 10.4 Å². The molecule has 0 aliphatic carbocycles. The Kier molecular flexibility index (Phi) is 5.19. The van der Waals surface area contributed by atoms with Crippen molar-refractivity contribution in [1.29, 1.82) is 0 Å². The second-order valence-electron chi connectivity index (χ2n) is 5.14. The summed E-state index contributed by atoms with van der Waals surface area (Å²) in [6.45, 7) is 0. The average molecular weight is 336 g/mol. The fraction of sp³-hybridized carbons (Fsp3) is 0.0526. The van der Waals surface area contributed by atoms with Crippen LogP contribution in [0, 0.1) is 0 Å². The zero-order valence-corrected chi connectivity index (χ0v) is 13.8. The van der Waals surface area contributed by atoms with Gasteiger partial charge in [0.25, 0.3) is 0 Å². The summed E-state index contributed by atoms with van der Waals surface area (Å²) in [7, 11) is -1.13. The Morgan fingerprint density at radius 2 is 1.42 bits per heavy atom. The highest BCUT2D eigenvalue weighted by Gasteiger charge is 2.30. The number of aliphatic carboxylic acids is 1. The predicted octanol–water partition coefficient (Wildman–Crippen LogP) is 3.04. The number of pyridine rings is 1. The number of nitrogens with one attached hydrogen (secondary N) is 1. The first-order valence-electron chi connectivity index (χ1n) is 7.55. The summed E-state index contributed by atoms with van der Waals surface area (Å²) in [6, 6.07) is 25.0. The third-order valence-corrected chi connectivity index (χ3v) is 6.09. The Morgan fingerprint density at radius 1 is 0.875 bits per heavy atom. The molecule has 2 aromatic carbocycles. The lowest BCUT2D eigenvalue weighted by atomic mass is 10.4. The molecule has 4 nitrogen and oxygen atoms in total. The van der Waals surface area contributed by atoms with Crippen LogP contribution in [0.3, 0.4) is 0 Å². The maximum atomic E-state index is 12.0. The third kappa shape index (κ3) is 3.79. The van der Waals surface area contributed by atoms with Crippen LogP contribution in [0.25, 0.3) is 0 Å². The standard InChI is InChI=1S/C19H17N2O2P/c22-19(23)18(21-17-13-7-8-14-20-17)24(15-9-3-1-4-10-15)16-11-5-2-6-12-16/h1-14,18H,(H,20,21)(H,22,23). The van der Waals surface area contributed by atoms with Gasteiger partial charge in [-0.25, -0.2) is 9.78 Å². The van der Waals surface area contributed by atoms with Crippen molar-refractivity contribution in [1.82, 2.24) is 4.98 Å². The highest BCUT2D eigenvalue weighted by Crippen LogP contribution is 2.39. The topological polar surface area (TPSA) is 62.2 Å². The normalized spacial score (nSPS) is 11.9. The van der Waals surface area contributed by atoms with E-state index >= 15 is 0 Å². The molecule has 0 radical (unpaired) electrons. The highest BCUT2D eigenvalue weighted by molar-refractivity contribution is 7.74. The number of hydrogen-bond donors (Lipinski definition) is 2. The molecule has 5 heteroatoms. The van der Waals surface area contributed by atoms with Gasteiger partial charge in [-0.05, 0) is 30.7 Å². The molecule has 0 bridgehead atoms. The maximum Gasteiger partial charge on any atom is 0.331 e. The van der Waals surface area contributed by atoms with Crippen molar-refractivity contribution >= 4 is 30.3 Å². The van der Waals surface area contributed by atoms with Crippen molar-refractivity contribution in [2.45, 2.75) is 5.78 Å². The van der Waals surface area contributed by atoms with Crippen LogP contribution >= 0.6 is 7.92 Å². The van der Waals surface area contributed by atoms with Gasteiger partial charge in [0.15, 0.2) is 5.78 Å². The van der Waals surface area contributed by atoms with Crippen LogP contribution in [0.4, 0.5) is 5.82 Å². The van der Waals surface area contributed by atoms with Crippen LogP contribution in [-0.4, -0.2) is 21.8 Å². The van der Waals surface area contributed by atoms with Gasteiger partial charge in [-0.3, -0.25) is 0 Å². The van der Waals surface area contributed by atoms with E-state index in [1.54, 1.807) is 18.3 Å². The summed E-state index contributed by atoms with van der Waals surface area (Å²) >= 11 is 0. The molecule has 0 saturated carbocycles. The second kappa shape index (κ2) is 7.71. The van der Waals surface area contributed by atoms with Gasteiger partial charge in [0.2, 0.25) is 0 Å². The number of aromatic nitrogens is 1. The summed E-state index contributed by atoms with van der Waals surface area (Å²) in [6.07, 6.45) is 1.65. The van der Waals surface area contributed by atoms with Crippen LogP contribution in [0.2, 0.25) is 0 Å². The van der Waals surface area contributed by atoms with Crippen LogP contribution in [0.5, 0.6) is 0 Å². The fourth-order valence-electron chi connectivity index (χ4n) is 2.45. The van der Waals surface area contributed by atoms with Crippen LogP contribution in [-0.2, 0) is 4.79 Å². The lowest BCUT2D eigenvalue weighted by Crippen LogP contribution is -2.34. The first-order chi connectivity index (χ1) is 11.8.